The molecule has 1 aliphatic rings. The lowest BCUT2D eigenvalue weighted by Crippen LogP contribution is -2.57. The summed E-state index contributed by atoms with van der Waals surface area (Å²) < 4.78 is 0. The van der Waals surface area contributed by atoms with E-state index >= 15 is 0 Å². The number of rotatable bonds is 11. The van der Waals surface area contributed by atoms with Crippen molar-refractivity contribution in [2.75, 3.05) is 0 Å². The van der Waals surface area contributed by atoms with Crippen LogP contribution in [0.3, 0.4) is 0 Å². The summed E-state index contributed by atoms with van der Waals surface area (Å²) in [5.41, 5.74) is 3.98. The smallest absolute Gasteiger partial charge is 0.272 e. The zero-order valence-corrected chi connectivity index (χ0v) is 19.4. The van der Waals surface area contributed by atoms with Crippen molar-refractivity contribution in [3.05, 3.63) is 0 Å². The average molecular weight is 429 g/mol. The summed E-state index contributed by atoms with van der Waals surface area (Å²) in [7, 11) is 0. The molecule has 0 spiro atoms. The molecule has 1 rings (SSSR count). The second-order valence-electron chi connectivity index (χ2n) is 9.54. The van der Waals surface area contributed by atoms with Gasteiger partial charge >= 0.3 is 0 Å². The van der Waals surface area contributed by atoms with Gasteiger partial charge in [-0.05, 0) is 30.6 Å². The van der Waals surface area contributed by atoms with Crippen LogP contribution in [-0.2, 0) is 14.4 Å². The zero-order chi connectivity index (χ0) is 23.1. The number of nitrogens with one attached hydrogen (secondary N) is 3. The molecule has 1 heterocycles. The van der Waals surface area contributed by atoms with Gasteiger partial charge in [-0.3, -0.25) is 14.8 Å². The summed E-state index contributed by atoms with van der Waals surface area (Å²) >= 11 is 0. The number of hydrogen-bond donors (Lipinski definition) is 5. The first kappa shape index (κ1) is 26.3. The molecule has 9 heteroatoms. The third kappa shape index (κ3) is 7.21. The monoisotopic (exact) mass is 428 g/mol. The third-order valence-electron chi connectivity index (χ3n) is 5.40. The molecule has 0 aliphatic carbocycles. The van der Waals surface area contributed by atoms with E-state index < -0.39 is 36.0 Å². The first-order valence-corrected chi connectivity index (χ1v) is 10.9. The number of aliphatic imine (C=N–C) groups is 1. The normalized spacial score (nSPS) is 20.7. The predicted octanol–water partition coefficient (Wildman–Crippen LogP) is 2.13. The van der Waals surface area contributed by atoms with E-state index in [0.29, 0.717) is 5.90 Å². The van der Waals surface area contributed by atoms with Crippen molar-refractivity contribution in [2.45, 2.75) is 92.5 Å². The Morgan fingerprint density at radius 2 is 1.87 bits per heavy atom. The quantitative estimate of drug-likeness (QED) is 0.253. The lowest BCUT2D eigenvalue weighted by Gasteiger charge is -2.35. The predicted molar refractivity (Wildman–Crippen MR) is 114 cm³/mol. The second kappa shape index (κ2) is 11.6. The molecule has 5 atom stereocenters. The van der Waals surface area contributed by atoms with Crippen molar-refractivity contribution < 1.29 is 24.7 Å². The molecule has 174 valence electrons. The van der Waals surface area contributed by atoms with Gasteiger partial charge in [-0.2, -0.15) is 0 Å². The molecule has 0 aromatic heterocycles. The van der Waals surface area contributed by atoms with Crippen LogP contribution in [-0.4, -0.2) is 46.3 Å². The maximum Gasteiger partial charge on any atom is 0.272 e. The Hall–Kier alpha value is -1.71. The number of carbonyl (C=O) groups is 2. The van der Waals surface area contributed by atoms with Gasteiger partial charge in [0.25, 0.3) is 5.91 Å². The van der Waals surface area contributed by atoms with Gasteiger partial charge in [0.1, 0.15) is 6.10 Å². The topological polar surface area (TPSA) is 132 Å². The number of aliphatic hydroxyl groups is 1. The molecule has 2 amide bonds. The Bertz CT molecular complexity index is 603. The first-order valence-electron chi connectivity index (χ1n) is 10.9. The first-order chi connectivity index (χ1) is 14.0. The molecule has 5 N–H and O–H groups in total. The highest BCUT2D eigenvalue weighted by atomic mass is 16.7. The fraction of sp³-hybridized carbons (Fsp3) is 0.857. The Labute approximate surface area is 180 Å². The third-order valence-corrected chi connectivity index (χ3v) is 5.40. The molecule has 0 aromatic rings. The molecule has 0 radical (unpaired) electrons. The second-order valence-corrected chi connectivity index (χ2v) is 9.54. The highest BCUT2D eigenvalue weighted by Crippen LogP contribution is 2.27. The van der Waals surface area contributed by atoms with E-state index in [0.717, 1.165) is 19.3 Å². The van der Waals surface area contributed by atoms with E-state index in [1.807, 2.05) is 34.6 Å². The van der Waals surface area contributed by atoms with Gasteiger partial charge in [0.05, 0.1) is 12.0 Å². The summed E-state index contributed by atoms with van der Waals surface area (Å²) in [6.07, 6.45) is 1.04. The molecule has 0 fully saturated rings. The number of carbonyl (C=O) groups excluding carboxylic acids is 2. The van der Waals surface area contributed by atoms with Gasteiger partial charge in [0.2, 0.25) is 11.8 Å². The lowest BCUT2D eigenvalue weighted by atomic mass is 9.83. The standard InChI is InChI=1S/C21H40N4O5/c1-8-10-13(9-2)20-23-17(25-30-20)16(21(5,6)7)22-18(27)14(11-12(3)4)15(26)19(28)24-29/h12-17,25-26,29H,8-11H2,1-7H3,(H,22,27)(H,24,28). The fourth-order valence-electron chi connectivity index (χ4n) is 3.66. The van der Waals surface area contributed by atoms with Crippen molar-refractivity contribution in [3.8, 4) is 0 Å². The summed E-state index contributed by atoms with van der Waals surface area (Å²) in [5, 5.41) is 22.1. The van der Waals surface area contributed by atoms with Crippen LogP contribution in [0, 0.1) is 23.2 Å². The Morgan fingerprint density at radius 3 is 2.33 bits per heavy atom. The van der Waals surface area contributed by atoms with Gasteiger partial charge in [0, 0.05) is 5.92 Å². The molecule has 0 saturated carbocycles. The van der Waals surface area contributed by atoms with Crippen molar-refractivity contribution in [1.29, 1.82) is 0 Å². The molecule has 0 aromatic carbocycles. The number of nitrogens with zero attached hydrogens (tertiary/aromatic N) is 1. The Kier molecular flexibility index (Phi) is 10.2. The summed E-state index contributed by atoms with van der Waals surface area (Å²) in [4.78, 5) is 35.2. The molecule has 5 unspecified atom stereocenters. The number of hydrogen-bond acceptors (Lipinski definition) is 7. The van der Waals surface area contributed by atoms with Crippen molar-refractivity contribution in [3.63, 3.8) is 0 Å². The van der Waals surface area contributed by atoms with E-state index in [2.05, 4.69) is 24.6 Å². The Balaban J connectivity index is 3.08. The van der Waals surface area contributed by atoms with Gasteiger partial charge < -0.3 is 15.3 Å². The van der Waals surface area contributed by atoms with Crippen LogP contribution < -0.4 is 16.3 Å². The summed E-state index contributed by atoms with van der Waals surface area (Å²) in [5.74, 6) is -1.55. The van der Waals surface area contributed by atoms with E-state index in [9.17, 15) is 14.7 Å². The van der Waals surface area contributed by atoms with E-state index in [1.165, 1.54) is 5.48 Å². The zero-order valence-electron chi connectivity index (χ0n) is 19.4. The van der Waals surface area contributed by atoms with Crippen LogP contribution in [0.15, 0.2) is 4.99 Å². The maximum atomic E-state index is 13.1. The van der Waals surface area contributed by atoms with Gasteiger partial charge in [-0.15, -0.1) is 5.48 Å². The number of hydroxylamine groups is 2. The minimum Gasteiger partial charge on any atom is -0.391 e. The summed E-state index contributed by atoms with van der Waals surface area (Å²) in [6.45, 7) is 13.9. The van der Waals surface area contributed by atoms with Crippen LogP contribution >= 0.6 is 0 Å². The fourth-order valence-corrected chi connectivity index (χ4v) is 3.66. The largest absolute Gasteiger partial charge is 0.391 e. The van der Waals surface area contributed by atoms with Crippen LogP contribution in [0.2, 0.25) is 0 Å². The number of amides is 2. The molecule has 0 bridgehead atoms. The van der Waals surface area contributed by atoms with E-state index in [1.54, 1.807) is 0 Å². The van der Waals surface area contributed by atoms with Crippen LogP contribution in [0.4, 0.5) is 0 Å². The highest BCUT2D eigenvalue weighted by Gasteiger charge is 2.41. The van der Waals surface area contributed by atoms with Crippen molar-refractivity contribution in [1.82, 2.24) is 16.3 Å². The molecular formula is C21H40N4O5. The van der Waals surface area contributed by atoms with Crippen LogP contribution in [0.5, 0.6) is 0 Å². The van der Waals surface area contributed by atoms with Crippen molar-refractivity contribution in [2.24, 2.45) is 28.2 Å². The number of aliphatic hydroxyl groups excluding tert-OH is 1. The Morgan fingerprint density at radius 1 is 1.23 bits per heavy atom. The van der Waals surface area contributed by atoms with Gasteiger partial charge in [-0.25, -0.2) is 10.5 Å². The maximum absolute atomic E-state index is 13.1. The van der Waals surface area contributed by atoms with Crippen molar-refractivity contribution >= 4 is 17.7 Å². The van der Waals surface area contributed by atoms with E-state index in [-0.39, 0.29) is 23.7 Å². The SMILES string of the molecule is CCCC(CC)C1=NC(C(NC(=O)C(CC(C)C)C(O)C(=O)NO)C(C)(C)C)NO1. The lowest BCUT2D eigenvalue weighted by molar-refractivity contribution is -0.147. The molecular weight excluding hydrogens is 388 g/mol. The summed E-state index contributed by atoms with van der Waals surface area (Å²) in [6, 6.07) is -0.444. The van der Waals surface area contributed by atoms with Crippen LogP contribution in [0.1, 0.15) is 74.1 Å². The molecule has 0 saturated heterocycles. The minimum absolute atomic E-state index is 0.0619. The molecule has 30 heavy (non-hydrogen) atoms. The molecule has 1 aliphatic heterocycles. The highest BCUT2D eigenvalue weighted by molar-refractivity contribution is 5.89. The average Bonchev–Trinajstić information content (AvgIpc) is 3.15. The molecule has 9 nitrogen and oxygen atoms in total. The van der Waals surface area contributed by atoms with Crippen LogP contribution in [0.25, 0.3) is 0 Å². The minimum atomic E-state index is -1.65. The van der Waals surface area contributed by atoms with Gasteiger partial charge in [-0.1, -0.05) is 54.9 Å². The van der Waals surface area contributed by atoms with Gasteiger partial charge in [0.15, 0.2) is 6.17 Å². The van der Waals surface area contributed by atoms with E-state index in [4.69, 9.17) is 15.0 Å².